The maximum absolute atomic E-state index is 10.0. The van der Waals surface area contributed by atoms with Crippen LogP contribution in [0.2, 0.25) is 0 Å². The lowest BCUT2D eigenvalue weighted by molar-refractivity contribution is -0.132. The summed E-state index contributed by atoms with van der Waals surface area (Å²) in [5.74, 6) is -0.983. The molecule has 6 nitrogen and oxygen atoms in total. The van der Waals surface area contributed by atoms with Gasteiger partial charge in [0.1, 0.15) is 0 Å². The summed E-state index contributed by atoms with van der Waals surface area (Å²) in [7, 11) is -3.90. The minimum absolute atomic E-state index is 0.0201. The molecule has 0 aromatic rings. The summed E-state index contributed by atoms with van der Waals surface area (Å²) in [5.41, 5.74) is 0.157. The molecule has 0 bridgehead atoms. The van der Waals surface area contributed by atoms with Crippen LogP contribution in [0.15, 0.2) is 24.1 Å². The average molecular weight is 238 g/mol. The third kappa shape index (κ3) is 15.6. The van der Waals surface area contributed by atoms with Gasteiger partial charge in [0.15, 0.2) is 0 Å². The zero-order valence-electron chi connectivity index (χ0n) is 8.09. The molecule has 88 valence electrons. The Morgan fingerprint density at radius 1 is 1.40 bits per heavy atom. The summed E-state index contributed by atoms with van der Waals surface area (Å²) in [5, 5.41) is 17.0. The van der Waals surface area contributed by atoms with Gasteiger partial charge >= 0.3 is 5.97 Å². The Morgan fingerprint density at radius 2 is 1.80 bits per heavy atom. The monoisotopic (exact) mass is 238 g/mol. The van der Waals surface area contributed by atoms with Gasteiger partial charge in [0, 0.05) is 12.2 Å². The zero-order valence-corrected chi connectivity index (χ0v) is 8.90. The fraction of sp³-hybridized carbons (Fsp3) is 0.375. The molecule has 0 rings (SSSR count). The molecule has 0 saturated heterocycles. The average Bonchev–Trinajstić information content (AvgIpc) is 2.13. The molecule has 0 aliphatic heterocycles. The summed E-state index contributed by atoms with van der Waals surface area (Å²) < 4.78 is 26.6. The Labute approximate surface area is 88.3 Å². The number of hydrogen-bond donors (Lipinski definition) is 3. The van der Waals surface area contributed by atoms with Crippen LogP contribution in [0.4, 0.5) is 0 Å². The van der Waals surface area contributed by atoms with Crippen molar-refractivity contribution in [3.8, 4) is 0 Å². The van der Waals surface area contributed by atoms with E-state index in [0.717, 1.165) is 0 Å². The quantitative estimate of drug-likeness (QED) is 0.472. The second kappa shape index (κ2) is 8.16. The molecule has 0 fully saturated rings. The predicted octanol–water partition coefficient (Wildman–Crippen LogP) is 0.417. The van der Waals surface area contributed by atoms with Crippen molar-refractivity contribution in [3.05, 3.63) is 24.1 Å². The first-order valence-electron chi connectivity index (χ1n) is 3.86. The Hall–Kier alpha value is -1.18. The van der Waals surface area contributed by atoms with E-state index >= 15 is 0 Å². The first-order chi connectivity index (χ1) is 6.74. The summed E-state index contributed by atoms with van der Waals surface area (Å²) in [6.45, 7) is 6.10. The zero-order chi connectivity index (χ0) is 12.5. The number of aliphatic hydroxyl groups excluding tert-OH is 1. The molecule has 0 amide bonds. The molecule has 7 heteroatoms. The molecular formula is C8H14O6S. The van der Waals surface area contributed by atoms with Gasteiger partial charge in [-0.2, -0.15) is 8.42 Å². The van der Waals surface area contributed by atoms with E-state index in [0.29, 0.717) is 18.2 Å². The van der Waals surface area contributed by atoms with Gasteiger partial charge in [-0.25, -0.2) is 4.79 Å². The van der Waals surface area contributed by atoms with E-state index in [1.54, 1.807) is 0 Å². The maximum Gasteiger partial charge on any atom is 0.330 e. The minimum atomic E-state index is -3.90. The van der Waals surface area contributed by atoms with Gasteiger partial charge in [-0.15, -0.1) is 0 Å². The van der Waals surface area contributed by atoms with E-state index in [4.69, 9.17) is 14.8 Å². The molecule has 0 unspecified atom stereocenters. The SMILES string of the molecule is C=C(CCCO)C(=O)O.C=CS(=O)(=O)O. The van der Waals surface area contributed by atoms with E-state index in [1.165, 1.54) is 0 Å². The Morgan fingerprint density at radius 3 is 2.00 bits per heavy atom. The lowest BCUT2D eigenvalue weighted by atomic mass is 10.2. The first-order valence-corrected chi connectivity index (χ1v) is 5.36. The molecule has 3 N–H and O–H groups in total. The van der Waals surface area contributed by atoms with Crippen LogP contribution in [0.5, 0.6) is 0 Å². The van der Waals surface area contributed by atoms with Crippen LogP contribution < -0.4 is 0 Å². The molecular weight excluding hydrogens is 224 g/mol. The highest BCUT2D eigenvalue weighted by Gasteiger charge is 2.00. The number of carboxylic acids is 1. The highest BCUT2D eigenvalue weighted by Crippen LogP contribution is 2.00. The van der Waals surface area contributed by atoms with Gasteiger partial charge in [0.2, 0.25) is 0 Å². The number of hydrogen-bond acceptors (Lipinski definition) is 4. The van der Waals surface area contributed by atoms with Crippen molar-refractivity contribution in [1.29, 1.82) is 0 Å². The van der Waals surface area contributed by atoms with E-state index in [9.17, 15) is 13.2 Å². The van der Waals surface area contributed by atoms with Gasteiger partial charge in [-0.1, -0.05) is 13.2 Å². The molecule has 0 aliphatic rings. The first kappa shape index (κ1) is 16.3. The molecule has 0 spiro atoms. The second-order valence-corrected chi connectivity index (χ2v) is 3.78. The topological polar surface area (TPSA) is 112 Å². The van der Waals surface area contributed by atoms with E-state index in [-0.39, 0.29) is 12.2 Å². The third-order valence-electron chi connectivity index (χ3n) is 1.15. The number of aliphatic carboxylic acids is 1. The van der Waals surface area contributed by atoms with Crippen LogP contribution in [0, 0.1) is 0 Å². The van der Waals surface area contributed by atoms with Crippen LogP contribution in [0.25, 0.3) is 0 Å². The number of aliphatic hydroxyl groups is 1. The van der Waals surface area contributed by atoms with Crippen molar-refractivity contribution >= 4 is 16.1 Å². The molecule has 15 heavy (non-hydrogen) atoms. The predicted molar refractivity (Wildman–Crippen MR) is 54.8 cm³/mol. The number of carbonyl (C=O) groups is 1. The number of rotatable bonds is 5. The van der Waals surface area contributed by atoms with Crippen molar-refractivity contribution in [2.45, 2.75) is 12.8 Å². The van der Waals surface area contributed by atoms with E-state index in [2.05, 4.69) is 13.2 Å². The molecule has 0 saturated carbocycles. The lowest BCUT2D eigenvalue weighted by Gasteiger charge is -1.94. The van der Waals surface area contributed by atoms with E-state index < -0.39 is 16.1 Å². The minimum Gasteiger partial charge on any atom is -0.478 e. The fourth-order valence-electron chi connectivity index (χ4n) is 0.399. The Balaban J connectivity index is 0. The Kier molecular flexibility index (Phi) is 8.84. The molecule has 0 aromatic carbocycles. The summed E-state index contributed by atoms with van der Waals surface area (Å²) in [6, 6.07) is 0. The number of carboxylic acid groups (broad SMARTS) is 1. The second-order valence-electron chi connectivity index (χ2n) is 2.42. The third-order valence-corrected chi connectivity index (χ3v) is 1.57. The van der Waals surface area contributed by atoms with Crippen molar-refractivity contribution in [2.24, 2.45) is 0 Å². The smallest absolute Gasteiger partial charge is 0.330 e. The maximum atomic E-state index is 10.0. The van der Waals surface area contributed by atoms with Crippen LogP contribution >= 0.6 is 0 Å². The Bertz CT molecular complexity index is 304. The lowest BCUT2D eigenvalue weighted by Crippen LogP contribution is -1.99. The fourth-order valence-corrected chi connectivity index (χ4v) is 0.399. The summed E-state index contributed by atoms with van der Waals surface area (Å²) >= 11 is 0. The van der Waals surface area contributed by atoms with Crippen molar-refractivity contribution in [3.63, 3.8) is 0 Å². The molecule has 0 heterocycles. The van der Waals surface area contributed by atoms with Gasteiger partial charge in [-0.05, 0) is 12.8 Å². The molecule has 0 aliphatic carbocycles. The normalized spacial score (nSPS) is 9.73. The van der Waals surface area contributed by atoms with Gasteiger partial charge < -0.3 is 10.2 Å². The highest BCUT2D eigenvalue weighted by molar-refractivity contribution is 7.88. The van der Waals surface area contributed by atoms with Crippen molar-refractivity contribution in [2.75, 3.05) is 6.61 Å². The van der Waals surface area contributed by atoms with Crippen LogP contribution in [0.1, 0.15) is 12.8 Å². The standard InChI is InChI=1S/C6H10O3.C2H4O3S/c1-5(6(8)9)3-2-4-7;1-2-6(3,4)5/h7H,1-4H2,(H,8,9);2H,1H2,(H,3,4,5). The van der Waals surface area contributed by atoms with E-state index in [1.807, 2.05) is 0 Å². The molecule has 0 aromatic heterocycles. The summed E-state index contributed by atoms with van der Waals surface area (Å²) in [4.78, 5) is 10.0. The summed E-state index contributed by atoms with van der Waals surface area (Å²) in [6.07, 6.45) is 0.844. The van der Waals surface area contributed by atoms with Crippen molar-refractivity contribution < 1.29 is 28.0 Å². The molecule has 0 radical (unpaired) electrons. The highest BCUT2D eigenvalue weighted by atomic mass is 32.2. The van der Waals surface area contributed by atoms with Crippen molar-refractivity contribution in [1.82, 2.24) is 0 Å². The van der Waals surface area contributed by atoms with Gasteiger partial charge in [0.05, 0.1) is 5.41 Å². The van der Waals surface area contributed by atoms with Crippen LogP contribution in [0.3, 0.4) is 0 Å². The van der Waals surface area contributed by atoms with Gasteiger partial charge in [-0.3, -0.25) is 4.55 Å². The van der Waals surface area contributed by atoms with Crippen LogP contribution in [-0.4, -0.2) is 35.8 Å². The van der Waals surface area contributed by atoms with Crippen LogP contribution in [-0.2, 0) is 14.9 Å². The van der Waals surface area contributed by atoms with Gasteiger partial charge in [0.25, 0.3) is 10.1 Å². The molecule has 0 atom stereocenters. The largest absolute Gasteiger partial charge is 0.478 e.